The smallest absolute Gasteiger partial charge is 0.293 e. The van der Waals surface area contributed by atoms with Gasteiger partial charge in [-0.05, 0) is 6.08 Å². The Balaban J connectivity index is 1.54. The number of ether oxygens (including phenoxy) is 1. The van der Waals surface area contributed by atoms with Crippen LogP contribution in [0.2, 0.25) is 0 Å². The van der Waals surface area contributed by atoms with E-state index in [0.717, 1.165) is 0 Å². The van der Waals surface area contributed by atoms with Crippen LogP contribution in [0, 0.1) is 0 Å². The van der Waals surface area contributed by atoms with E-state index < -0.39 is 18.1 Å². The molecular formula is C20H28F2N6O4. The Labute approximate surface area is 184 Å². The molecule has 0 aromatic carbocycles. The van der Waals surface area contributed by atoms with Crippen molar-refractivity contribution in [1.29, 1.82) is 0 Å². The summed E-state index contributed by atoms with van der Waals surface area (Å²) < 4.78 is 39.5. The first kappa shape index (κ1) is 23.7. The van der Waals surface area contributed by atoms with Gasteiger partial charge < -0.3 is 30.1 Å². The summed E-state index contributed by atoms with van der Waals surface area (Å²) in [5, 5.41) is 6.22. The summed E-state index contributed by atoms with van der Waals surface area (Å²) in [6.07, 6.45) is 0.691. The average molecular weight is 454 g/mol. The second kappa shape index (κ2) is 11.0. The van der Waals surface area contributed by atoms with Crippen molar-refractivity contribution < 1.29 is 27.6 Å². The van der Waals surface area contributed by atoms with Crippen LogP contribution in [-0.4, -0.2) is 97.5 Å². The van der Waals surface area contributed by atoms with Crippen molar-refractivity contribution in [3.63, 3.8) is 0 Å². The zero-order chi connectivity index (χ0) is 23.1. The van der Waals surface area contributed by atoms with E-state index >= 15 is 0 Å². The molecule has 0 saturated carbocycles. The molecule has 1 aliphatic carbocycles. The first-order valence-electron chi connectivity index (χ1n) is 10.3. The van der Waals surface area contributed by atoms with E-state index in [9.17, 15) is 18.4 Å². The van der Waals surface area contributed by atoms with Gasteiger partial charge in [-0.2, -0.15) is 0 Å². The van der Waals surface area contributed by atoms with Crippen molar-refractivity contribution in [1.82, 2.24) is 25.2 Å². The van der Waals surface area contributed by atoms with Gasteiger partial charge in [0.2, 0.25) is 5.76 Å². The lowest BCUT2D eigenvalue weighted by Gasteiger charge is -2.39. The molecule has 1 fully saturated rings. The number of hydrogen-bond acceptors (Lipinski definition) is 9. The molecule has 3 N–H and O–H groups in total. The quantitative estimate of drug-likeness (QED) is 0.479. The fraction of sp³-hybridized carbons (Fsp3) is 0.550. The number of likely N-dealkylation sites (N-methyl/N-ethyl adjacent to an activating group) is 1. The Kier molecular flexibility index (Phi) is 8.17. The Morgan fingerprint density at radius 2 is 2.22 bits per heavy atom. The van der Waals surface area contributed by atoms with Gasteiger partial charge >= 0.3 is 0 Å². The first-order valence-corrected chi connectivity index (χ1v) is 10.3. The summed E-state index contributed by atoms with van der Waals surface area (Å²) in [6.45, 7) is 2.92. The number of carbonyl (C=O) groups excluding carboxylic acids is 2. The lowest BCUT2D eigenvalue weighted by Crippen LogP contribution is -2.50. The number of allylic oxidation sites excluding steroid dienone is 4. The largest absolute Gasteiger partial charge is 0.461 e. The van der Waals surface area contributed by atoms with Gasteiger partial charge in [0.05, 0.1) is 25.1 Å². The van der Waals surface area contributed by atoms with Crippen molar-refractivity contribution >= 4 is 12.4 Å². The highest BCUT2D eigenvalue weighted by atomic mass is 19.1. The predicted molar refractivity (Wildman–Crippen MR) is 110 cm³/mol. The van der Waals surface area contributed by atoms with Crippen molar-refractivity contribution in [3.05, 3.63) is 41.3 Å². The molecule has 0 spiro atoms. The maximum absolute atomic E-state index is 15.0. The molecule has 10 nitrogen and oxygen atoms in total. The SMILES string of the molecule is CN(CC(CN)OC=O)C1=CC(F)=C(N2CCN(CNC(=O)c3ccno3)CC2)C(F)C1. The lowest BCUT2D eigenvalue weighted by molar-refractivity contribution is -0.133. The average Bonchev–Trinajstić information content (AvgIpc) is 3.32. The Morgan fingerprint density at radius 3 is 2.81 bits per heavy atom. The lowest BCUT2D eigenvalue weighted by atomic mass is 10.0. The summed E-state index contributed by atoms with van der Waals surface area (Å²) in [5.41, 5.74) is 6.08. The minimum atomic E-state index is -1.49. The van der Waals surface area contributed by atoms with Gasteiger partial charge in [0, 0.05) is 58.0 Å². The molecule has 1 aromatic heterocycles. The van der Waals surface area contributed by atoms with Crippen LogP contribution in [0.15, 0.2) is 40.1 Å². The standard InChI is InChI=1S/C20H28F2N6O4/c1-26(11-15(10-23)31-13-29)14-8-16(21)19(17(22)9-14)28-6-4-27(5-7-28)12-24-20(30)18-2-3-25-32-18/h2-3,8,13,15,17H,4-7,9-12,23H2,1H3,(H,24,30). The summed E-state index contributed by atoms with van der Waals surface area (Å²) in [4.78, 5) is 27.8. The van der Waals surface area contributed by atoms with Gasteiger partial charge in [-0.25, -0.2) is 8.78 Å². The second-order valence-corrected chi connectivity index (χ2v) is 7.66. The monoisotopic (exact) mass is 454 g/mol. The van der Waals surface area contributed by atoms with Crippen LogP contribution in [0.25, 0.3) is 0 Å². The van der Waals surface area contributed by atoms with Gasteiger partial charge in [-0.3, -0.25) is 14.5 Å². The third kappa shape index (κ3) is 5.82. The van der Waals surface area contributed by atoms with E-state index in [2.05, 4.69) is 10.5 Å². The van der Waals surface area contributed by atoms with E-state index in [0.29, 0.717) is 45.0 Å². The number of piperazine rings is 1. The first-order chi connectivity index (χ1) is 15.4. The molecule has 1 saturated heterocycles. The molecule has 12 heteroatoms. The molecule has 2 unspecified atom stereocenters. The Bertz CT molecular complexity index is 839. The Hall–Kier alpha value is -2.99. The molecule has 2 heterocycles. The van der Waals surface area contributed by atoms with Crippen LogP contribution in [0.4, 0.5) is 8.78 Å². The van der Waals surface area contributed by atoms with Gasteiger partial charge in [0.1, 0.15) is 18.1 Å². The van der Waals surface area contributed by atoms with Crippen LogP contribution < -0.4 is 11.1 Å². The van der Waals surface area contributed by atoms with Crippen molar-refractivity contribution in [2.75, 3.05) is 53.0 Å². The number of nitrogens with zero attached hydrogens (tertiary/aromatic N) is 4. The molecule has 1 aliphatic heterocycles. The molecular weight excluding hydrogens is 426 g/mol. The van der Waals surface area contributed by atoms with E-state index in [1.165, 1.54) is 18.3 Å². The third-order valence-electron chi connectivity index (χ3n) is 5.54. The van der Waals surface area contributed by atoms with Gasteiger partial charge in [-0.1, -0.05) is 5.16 Å². The highest BCUT2D eigenvalue weighted by molar-refractivity contribution is 5.91. The molecule has 1 amide bonds. The minimum absolute atomic E-state index is 0.0189. The number of carbonyl (C=O) groups is 2. The maximum atomic E-state index is 15.0. The number of nitrogens with two attached hydrogens (primary N) is 1. The van der Waals surface area contributed by atoms with E-state index in [4.69, 9.17) is 15.0 Å². The van der Waals surface area contributed by atoms with Gasteiger partial charge in [0.25, 0.3) is 12.4 Å². The molecule has 1 aromatic rings. The molecule has 2 atom stereocenters. The van der Waals surface area contributed by atoms with E-state index in [1.807, 2.05) is 4.90 Å². The molecule has 3 rings (SSSR count). The summed E-state index contributed by atoms with van der Waals surface area (Å²) in [6, 6.07) is 1.47. The molecule has 32 heavy (non-hydrogen) atoms. The second-order valence-electron chi connectivity index (χ2n) is 7.66. The number of halogens is 2. The van der Waals surface area contributed by atoms with Gasteiger partial charge in [0.15, 0.2) is 0 Å². The zero-order valence-corrected chi connectivity index (χ0v) is 17.9. The number of alkyl halides is 1. The highest BCUT2D eigenvalue weighted by Gasteiger charge is 2.32. The fourth-order valence-electron chi connectivity index (χ4n) is 3.75. The third-order valence-corrected chi connectivity index (χ3v) is 5.54. The fourth-order valence-corrected chi connectivity index (χ4v) is 3.75. The Morgan fingerprint density at radius 1 is 1.47 bits per heavy atom. The van der Waals surface area contributed by atoms with Crippen LogP contribution in [-0.2, 0) is 9.53 Å². The summed E-state index contributed by atoms with van der Waals surface area (Å²) in [7, 11) is 1.68. The van der Waals surface area contributed by atoms with Gasteiger partial charge in [-0.15, -0.1) is 0 Å². The summed E-state index contributed by atoms with van der Waals surface area (Å²) in [5.74, 6) is -0.855. The van der Waals surface area contributed by atoms with Crippen molar-refractivity contribution in [2.24, 2.45) is 5.73 Å². The van der Waals surface area contributed by atoms with Crippen molar-refractivity contribution in [3.8, 4) is 0 Å². The van der Waals surface area contributed by atoms with Crippen LogP contribution >= 0.6 is 0 Å². The van der Waals surface area contributed by atoms with E-state index in [-0.39, 0.29) is 36.9 Å². The molecule has 0 bridgehead atoms. The number of hydrogen-bond donors (Lipinski definition) is 2. The highest BCUT2D eigenvalue weighted by Crippen LogP contribution is 2.32. The number of rotatable bonds is 10. The minimum Gasteiger partial charge on any atom is -0.461 e. The van der Waals surface area contributed by atoms with Crippen LogP contribution in [0.1, 0.15) is 17.0 Å². The van der Waals surface area contributed by atoms with E-state index in [1.54, 1.807) is 16.8 Å². The zero-order valence-electron chi connectivity index (χ0n) is 17.9. The van der Waals surface area contributed by atoms with Crippen molar-refractivity contribution in [2.45, 2.75) is 18.7 Å². The topological polar surface area (TPSA) is 117 Å². The predicted octanol–water partition coefficient (Wildman–Crippen LogP) is 0.218. The molecule has 2 aliphatic rings. The van der Waals surface area contributed by atoms with Crippen LogP contribution in [0.5, 0.6) is 0 Å². The maximum Gasteiger partial charge on any atom is 0.293 e. The van der Waals surface area contributed by atoms with Crippen LogP contribution in [0.3, 0.4) is 0 Å². The normalized spacial score (nSPS) is 20.6. The number of aromatic nitrogens is 1. The molecule has 0 radical (unpaired) electrons. The molecule has 176 valence electrons. The summed E-state index contributed by atoms with van der Waals surface area (Å²) >= 11 is 0. The number of nitrogens with one attached hydrogen (secondary N) is 1. The number of amides is 1.